The molecular formula is C21H31NO4. The van der Waals surface area contributed by atoms with Gasteiger partial charge in [-0.05, 0) is 38.2 Å². The molecule has 0 aromatic heterocycles. The Balaban J connectivity index is 1.87. The van der Waals surface area contributed by atoms with Gasteiger partial charge in [-0.25, -0.2) is 9.59 Å². The van der Waals surface area contributed by atoms with E-state index in [4.69, 9.17) is 9.47 Å². The Bertz CT molecular complexity index is 593. The van der Waals surface area contributed by atoms with Gasteiger partial charge >= 0.3 is 12.1 Å². The molecule has 1 aliphatic carbocycles. The van der Waals surface area contributed by atoms with Crippen LogP contribution in [0.2, 0.25) is 0 Å². The molecular weight excluding hydrogens is 330 g/mol. The summed E-state index contributed by atoms with van der Waals surface area (Å²) in [7, 11) is 1.33. The van der Waals surface area contributed by atoms with Crippen LogP contribution in [0, 0.1) is 12.3 Å². The van der Waals surface area contributed by atoms with Crippen LogP contribution in [0.4, 0.5) is 4.79 Å². The Hall–Kier alpha value is -2.04. The molecule has 1 atom stereocenters. The summed E-state index contributed by atoms with van der Waals surface area (Å²) in [6.45, 7) is 4.50. The van der Waals surface area contributed by atoms with Crippen LogP contribution in [0.25, 0.3) is 0 Å². The van der Waals surface area contributed by atoms with E-state index in [1.807, 2.05) is 6.92 Å². The minimum Gasteiger partial charge on any atom is -0.467 e. The van der Waals surface area contributed by atoms with E-state index in [2.05, 4.69) is 36.5 Å². The number of hydrogen-bond acceptors (Lipinski definition) is 4. The lowest BCUT2D eigenvalue weighted by atomic mass is 9.66. The van der Waals surface area contributed by atoms with Crippen molar-refractivity contribution >= 4 is 12.1 Å². The first-order chi connectivity index (χ1) is 12.5. The molecule has 0 heterocycles. The number of aryl methyl sites for hydroxylation is 1. The van der Waals surface area contributed by atoms with Crippen molar-refractivity contribution in [2.45, 2.75) is 64.8 Å². The first-order valence-electron chi connectivity index (χ1n) is 9.55. The SMILES string of the molecule is CCCC[C@H](NC(=O)OCC1(Cc2ccc(C)cc2)CCC1)C(=O)OC. The van der Waals surface area contributed by atoms with Crippen molar-refractivity contribution in [2.75, 3.05) is 13.7 Å². The third-order valence-corrected chi connectivity index (χ3v) is 5.25. The number of carbonyl (C=O) groups excluding carboxylic acids is 2. The maximum atomic E-state index is 12.2. The fraction of sp³-hybridized carbons (Fsp3) is 0.619. The summed E-state index contributed by atoms with van der Waals surface area (Å²) in [6.07, 6.45) is 6.02. The Morgan fingerprint density at radius 3 is 2.46 bits per heavy atom. The zero-order valence-electron chi connectivity index (χ0n) is 16.2. The molecule has 1 amide bonds. The first-order valence-corrected chi connectivity index (χ1v) is 9.55. The molecule has 5 heteroatoms. The molecule has 1 aromatic rings. The highest BCUT2D eigenvalue weighted by atomic mass is 16.6. The number of hydrogen-bond donors (Lipinski definition) is 1. The fourth-order valence-electron chi connectivity index (χ4n) is 3.39. The topological polar surface area (TPSA) is 64.6 Å². The van der Waals surface area contributed by atoms with Gasteiger partial charge in [0, 0.05) is 5.41 Å². The van der Waals surface area contributed by atoms with Crippen LogP contribution < -0.4 is 5.32 Å². The summed E-state index contributed by atoms with van der Waals surface area (Å²) in [5.74, 6) is -0.423. The Labute approximate surface area is 156 Å². The van der Waals surface area contributed by atoms with Crippen LogP contribution in [0.3, 0.4) is 0 Å². The second kappa shape index (κ2) is 9.60. The summed E-state index contributed by atoms with van der Waals surface area (Å²) in [4.78, 5) is 24.0. The molecule has 0 unspecified atom stereocenters. The predicted octanol–water partition coefficient (Wildman–Crippen LogP) is 4.17. The van der Waals surface area contributed by atoms with E-state index >= 15 is 0 Å². The highest BCUT2D eigenvalue weighted by molar-refractivity contribution is 5.81. The number of benzene rings is 1. The van der Waals surface area contributed by atoms with Gasteiger partial charge in [0.25, 0.3) is 0 Å². The average molecular weight is 361 g/mol. The summed E-state index contributed by atoms with van der Waals surface area (Å²) in [5, 5.41) is 2.66. The van der Waals surface area contributed by atoms with Gasteiger partial charge < -0.3 is 14.8 Å². The van der Waals surface area contributed by atoms with Gasteiger partial charge in [0.1, 0.15) is 6.04 Å². The van der Waals surface area contributed by atoms with E-state index in [-0.39, 0.29) is 5.41 Å². The molecule has 0 bridgehead atoms. The molecule has 144 valence electrons. The lowest BCUT2D eigenvalue weighted by molar-refractivity contribution is -0.143. The molecule has 26 heavy (non-hydrogen) atoms. The smallest absolute Gasteiger partial charge is 0.407 e. The van der Waals surface area contributed by atoms with Gasteiger partial charge in [-0.3, -0.25) is 0 Å². The predicted molar refractivity (Wildman–Crippen MR) is 101 cm³/mol. The molecule has 1 fully saturated rings. The molecule has 1 aliphatic rings. The number of unbranched alkanes of at least 4 members (excludes halogenated alkanes) is 1. The zero-order valence-corrected chi connectivity index (χ0v) is 16.2. The molecule has 0 radical (unpaired) electrons. The summed E-state index contributed by atoms with van der Waals surface area (Å²) >= 11 is 0. The molecule has 1 aromatic carbocycles. The van der Waals surface area contributed by atoms with Gasteiger partial charge in [0.2, 0.25) is 0 Å². The number of rotatable bonds is 9. The normalized spacial score (nSPS) is 16.3. The Morgan fingerprint density at radius 1 is 1.23 bits per heavy atom. The molecule has 1 N–H and O–H groups in total. The van der Waals surface area contributed by atoms with Gasteiger partial charge in [-0.15, -0.1) is 0 Å². The van der Waals surface area contributed by atoms with Crippen LogP contribution in [0.1, 0.15) is 56.6 Å². The van der Waals surface area contributed by atoms with Crippen LogP contribution >= 0.6 is 0 Å². The Morgan fingerprint density at radius 2 is 1.92 bits per heavy atom. The van der Waals surface area contributed by atoms with Crippen molar-refractivity contribution in [1.82, 2.24) is 5.32 Å². The van der Waals surface area contributed by atoms with Gasteiger partial charge in [-0.1, -0.05) is 56.0 Å². The Kier molecular flexibility index (Phi) is 7.49. The number of amides is 1. The van der Waals surface area contributed by atoms with Crippen molar-refractivity contribution in [3.8, 4) is 0 Å². The van der Waals surface area contributed by atoms with Crippen LogP contribution in [-0.4, -0.2) is 31.8 Å². The van der Waals surface area contributed by atoms with Crippen molar-refractivity contribution < 1.29 is 19.1 Å². The average Bonchev–Trinajstić information content (AvgIpc) is 2.61. The molecule has 0 aliphatic heterocycles. The van der Waals surface area contributed by atoms with Crippen molar-refractivity contribution in [2.24, 2.45) is 5.41 Å². The maximum Gasteiger partial charge on any atom is 0.407 e. The largest absolute Gasteiger partial charge is 0.467 e. The first kappa shape index (κ1) is 20.3. The van der Waals surface area contributed by atoms with E-state index in [0.29, 0.717) is 13.0 Å². The lowest BCUT2D eigenvalue weighted by Crippen LogP contribution is -2.44. The summed E-state index contributed by atoms with van der Waals surface area (Å²) < 4.78 is 10.3. The number of carbonyl (C=O) groups is 2. The van der Waals surface area contributed by atoms with Crippen molar-refractivity contribution in [3.05, 3.63) is 35.4 Å². The van der Waals surface area contributed by atoms with E-state index in [1.165, 1.54) is 18.2 Å². The van der Waals surface area contributed by atoms with Crippen molar-refractivity contribution in [3.63, 3.8) is 0 Å². The molecule has 5 nitrogen and oxygen atoms in total. The van der Waals surface area contributed by atoms with E-state index in [1.54, 1.807) is 0 Å². The van der Waals surface area contributed by atoms with Crippen LogP contribution in [-0.2, 0) is 20.7 Å². The van der Waals surface area contributed by atoms with Crippen molar-refractivity contribution in [1.29, 1.82) is 0 Å². The highest BCUT2D eigenvalue weighted by Gasteiger charge is 2.38. The third-order valence-electron chi connectivity index (χ3n) is 5.25. The maximum absolute atomic E-state index is 12.2. The third kappa shape index (κ3) is 5.75. The van der Waals surface area contributed by atoms with Gasteiger partial charge in [-0.2, -0.15) is 0 Å². The molecule has 0 saturated heterocycles. The second-order valence-corrected chi connectivity index (χ2v) is 7.45. The summed E-state index contributed by atoms with van der Waals surface area (Å²) in [5.41, 5.74) is 2.54. The second-order valence-electron chi connectivity index (χ2n) is 7.45. The highest BCUT2D eigenvalue weighted by Crippen LogP contribution is 2.44. The minimum absolute atomic E-state index is 0.0246. The van der Waals surface area contributed by atoms with E-state index < -0.39 is 18.1 Å². The molecule has 1 saturated carbocycles. The quantitative estimate of drug-likeness (QED) is 0.671. The number of esters is 1. The molecule has 0 spiro atoms. The van der Waals surface area contributed by atoms with Crippen LogP contribution in [0.15, 0.2) is 24.3 Å². The number of methoxy groups -OCH3 is 1. The number of ether oxygens (including phenoxy) is 2. The molecule has 2 rings (SSSR count). The fourth-order valence-corrected chi connectivity index (χ4v) is 3.39. The van der Waals surface area contributed by atoms with E-state index in [9.17, 15) is 9.59 Å². The zero-order chi connectivity index (χ0) is 19.0. The standard InChI is InChI=1S/C21H31NO4/c1-4-5-7-18(19(23)25-3)22-20(24)26-15-21(12-6-13-21)14-17-10-8-16(2)9-11-17/h8-11,18H,4-7,12-15H2,1-3H3,(H,22,24)/t18-/m0/s1. The lowest BCUT2D eigenvalue weighted by Gasteiger charge is -2.41. The van der Waals surface area contributed by atoms with Gasteiger partial charge in [0.15, 0.2) is 0 Å². The summed E-state index contributed by atoms with van der Waals surface area (Å²) in [6, 6.07) is 7.89. The minimum atomic E-state index is -0.637. The monoisotopic (exact) mass is 361 g/mol. The number of nitrogens with one attached hydrogen (secondary N) is 1. The number of alkyl carbamates (subject to hydrolysis) is 1. The van der Waals surface area contributed by atoms with E-state index in [0.717, 1.165) is 38.5 Å². The van der Waals surface area contributed by atoms with Gasteiger partial charge in [0.05, 0.1) is 13.7 Å². The van der Waals surface area contributed by atoms with Crippen LogP contribution in [0.5, 0.6) is 0 Å².